The second kappa shape index (κ2) is 6.20. The molecule has 2 unspecified atom stereocenters. The monoisotopic (exact) mass is 243 g/mol. The topological polar surface area (TPSA) is 0 Å². The Bertz CT molecular complexity index is 217. The van der Waals surface area contributed by atoms with E-state index in [0.29, 0.717) is 5.16 Å². The summed E-state index contributed by atoms with van der Waals surface area (Å²) in [6.07, 6.45) is 3.98. The molecule has 16 heavy (non-hydrogen) atoms. The van der Waals surface area contributed by atoms with Gasteiger partial charge in [-0.25, -0.2) is 0 Å². The SMILES string of the molecule is C=C[P+](C)(CCC)C(C)(C)CC(C)C(C)C. The summed E-state index contributed by atoms with van der Waals surface area (Å²) in [4.78, 5) is 0. The zero-order chi connectivity index (χ0) is 13.0. The molecule has 0 aromatic rings. The van der Waals surface area contributed by atoms with Crippen molar-refractivity contribution in [2.24, 2.45) is 11.8 Å². The second-order valence-electron chi connectivity index (χ2n) is 6.41. The Morgan fingerprint density at radius 1 is 1.25 bits per heavy atom. The Labute approximate surface area is 104 Å². The molecule has 0 aliphatic carbocycles. The van der Waals surface area contributed by atoms with Crippen molar-refractivity contribution in [2.45, 2.75) is 59.5 Å². The minimum absolute atomic E-state index is 0.453. The maximum Gasteiger partial charge on any atom is 0.0784 e. The molecule has 0 aliphatic rings. The summed E-state index contributed by atoms with van der Waals surface area (Å²) < 4.78 is 0. The highest BCUT2D eigenvalue weighted by Crippen LogP contribution is 2.69. The smallest absolute Gasteiger partial charge is 0.0640 e. The lowest BCUT2D eigenvalue weighted by atomic mass is 9.89. The fourth-order valence-corrected chi connectivity index (χ4v) is 5.25. The van der Waals surface area contributed by atoms with Crippen LogP contribution in [0.5, 0.6) is 0 Å². The van der Waals surface area contributed by atoms with Crippen LogP contribution in [0, 0.1) is 11.8 Å². The van der Waals surface area contributed by atoms with E-state index in [4.69, 9.17) is 0 Å². The van der Waals surface area contributed by atoms with E-state index in [2.05, 4.69) is 60.6 Å². The molecule has 0 aromatic carbocycles. The van der Waals surface area contributed by atoms with Crippen LogP contribution < -0.4 is 0 Å². The molecule has 0 saturated carbocycles. The molecule has 0 aliphatic heterocycles. The highest BCUT2D eigenvalue weighted by atomic mass is 31.2. The first-order chi connectivity index (χ1) is 7.20. The van der Waals surface area contributed by atoms with Crippen LogP contribution in [0.1, 0.15) is 54.4 Å². The summed E-state index contributed by atoms with van der Waals surface area (Å²) in [7, 11) is -0.983. The van der Waals surface area contributed by atoms with Crippen LogP contribution >= 0.6 is 7.26 Å². The number of hydrogen-bond acceptors (Lipinski definition) is 0. The zero-order valence-corrected chi connectivity index (χ0v) is 13.4. The third-order valence-corrected chi connectivity index (χ3v) is 9.56. The Morgan fingerprint density at radius 2 is 1.75 bits per heavy atom. The molecule has 96 valence electrons. The van der Waals surface area contributed by atoms with Crippen molar-refractivity contribution < 1.29 is 0 Å². The molecule has 0 rings (SSSR count). The van der Waals surface area contributed by atoms with Crippen LogP contribution in [0.4, 0.5) is 0 Å². The summed E-state index contributed by atoms with van der Waals surface area (Å²) in [5, 5.41) is 0.453. The lowest BCUT2D eigenvalue weighted by Crippen LogP contribution is -2.28. The van der Waals surface area contributed by atoms with E-state index in [0.717, 1.165) is 11.8 Å². The minimum atomic E-state index is -0.983. The summed E-state index contributed by atoms with van der Waals surface area (Å²) in [6, 6.07) is 0. The van der Waals surface area contributed by atoms with E-state index in [-0.39, 0.29) is 0 Å². The predicted octanol–water partition coefficient (Wildman–Crippen LogP) is 5.65. The summed E-state index contributed by atoms with van der Waals surface area (Å²) in [6.45, 7) is 20.9. The first-order valence-electron chi connectivity index (χ1n) is 6.69. The average molecular weight is 243 g/mol. The molecule has 0 amide bonds. The van der Waals surface area contributed by atoms with Gasteiger partial charge in [0.2, 0.25) is 0 Å². The van der Waals surface area contributed by atoms with Gasteiger partial charge in [0.1, 0.15) is 0 Å². The number of hydrogen-bond donors (Lipinski definition) is 0. The van der Waals surface area contributed by atoms with E-state index < -0.39 is 7.26 Å². The molecule has 0 N–H and O–H groups in total. The fourth-order valence-electron chi connectivity index (χ4n) is 2.34. The van der Waals surface area contributed by atoms with E-state index in [1.165, 1.54) is 19.0 Å². The quantitative estimate of drug-likeness (QED) is 0.507. The van der Waals surface area contributed by atoms with Crippen molar-refractivity contribution in [3.05, 3.63) is 12.4 Å². The fraction of sp³-hybridized carbons (Fsp3) is 0.867. The maximum atomic E-state index is 4.12. The van der Waals surface area contributed by atoms with E-state index in [1.54, 1.807) is 0 Å². The van der Waals surface area contributed by atoms with Gasteiger partial charge in [-0.05, 0) is 38.5 Å². The van der Waals surface area contributed by atoms with Crippen molar-refractivity contribution in [2.75, 3.05) is 12.8 Å². The third kappa shape index (κ3) is 3.88. The van der Waals surface area contributed by atoms with Gasteiger partial charge in [0.15, 0.2) is 0 Å². The van der Waals surface area contributed by atoms with Gasteiger partial charge in [0.25, 0.3) is 0 Å². The van der Waals surface area contributed by atoms with Crippen LogP contribution in [0.2, 0.25) is 0 Å². The summed E-state index contributed by atoms with van der Waals surface area (Å²) in [5.74, 6) is 3.90. The molecule has 0 nitrogen and oxygen atoms in total. The molecule has 0 heterocycles. The van der Waals surface area contributed by atoms with Crippen molar-refractivity contribution >= 4 is 7.26 Å². The van der Waals surface area contributed by atoms with Gasteiger partial charge in [-0.3, -0.25) is 0 Å². The predicted molar refractivity (Wildman–Crippen MR) is 80.9 cm³/mol. The molecular formula is C15H32P+. The van der Waals surface area contributed by atoms with Crippen LogP contribution in [-0.4, -0.2) is 18.0 Å². The van der Waals surface area contributed by atoms with Gasteiger partial charge in [0, 0.05) is 7.26 Å². The highest BCUT2D eigenvalue weighted by molar-refractivity contribution is 7.79. The second-order valence-corrected chi connectivity index (χ2v) is 11.0. The summed E-state index contributed by atoms with van der Waals surface area (Å²) in [5.41, 5.74) is 0. The first kappa shape index (κ1) is 16.2. The Hall–Kier alpha value is 0.170. The van der Waals surface area contributed by atoms with Gasteiger partial charge < -0.3 is 0 Å². The average Bonchev–Trinajstić information content (AvgIpc) is 2.16. The Kier molecular flexibility index (Phi) is 6.26. The molecule has 0 saturated heterocycles. The lowest BCUT2D eigenvalue weighted by Gasteiger charge is -2.38. The van der Waals surface area contributed by atoms with Gasteiger partial charge >= 0.3 is 0 Å². The molecule has 0 fully saturated rings. The van der Waals surface area contributed by atoms with Crippen molar-refractivity contribution in [1.82, 2.24) is 0 Å². The van der Waals surface area contributed by atoms with E-state index in [1.807, 2.05) is 0 Å². The molecule has 0 radical (unpaired) electrons. The van der Waals surface area contributed by atoms with Crippen molar-refractivity contribution in [1.29, 1.82) is 0 Å². The molecule has 0 spiro atoms. The normalized spacial score (nSPS) is 18.2. The van der Waals surface area contributed by atoms with E-state index >= 15 is 0 Å². The lowest BCUT2D eigenvalue weighted by molar-refractivity contribution is 0.356. The van der Waals surface area contributed by atoms with Crippen LogP contribution in [0.3, 0.4) is 0 Å². The van der Waals surface area contributed by atoms with E-state index in [9.17, 15) is 0 Å². The van der Waals surface area contributed by atoms with Crippen molar-refractivity contribution in [3.8, 4) is 0 Å². The standard InChI is InChI=1S/C15H32P/c1-9-11-16(8,10-2)15(6,7)12-14(5)13(3)4/h10,13-14H,2,9,11-12H2,1,3-8H3/q+1. The molecule has 2 atom stereocenters. The van der Waals surface area contributed by atoms with Crippen molar-refractivity contribution in [3.63, 3.8) is 0 Å². The zero-order valence-electron chi connectivity index (χ0n) is 12.5. The van der Waals surface area contributed by atoms with Gasteiger partial charge in [-0.1, -0.05) is 34.3 Å². The first-order valence-corrected chi connectivity index (χ1v) is 9.18. The van der Waals surface area contributed by atoms with Gasteiger partial charge in [0.05, 0.1) is 23.8 Å². The summed E-state index contributed by atoms with van der Waals surface area (Å²) >= 11 is 0. The largest absolute Gasteiger partial charge is 0.0784 e. The third-order valence-electron chi connectivity index (χ3n) is 4.43. The van der Waals surface area contributed by atoms with Crippen LogP contribution in [0.25, 0.3) is 0 Å². The van der Waals surface area contributed by atoms with Gasteiger partial charge in [-0.15, -0.1) is 0 Å². The molecule has 1 heteroatoms. The van der Waals surface area contributed by atoms with Gasteiger partial charge in [-0.2, -0.15) is 0 Å². The van der Waals surface area contributed by atoms with Crippen LogP contribution in [-0.2, 0) is 0 Å². The minimum Gasteiger partial charge on any atom is -0.0640 e. The molecular weight excluding hydrogens is 211 g/mol. The number of rotatable bonds is 7. The Balaban J connectivity index is 4.79. The molecule has 0 bridgehead atoms. The van der Waals surface area contributed by atoms with Crippen LogP contribution in [0.15, 0.2) is 12.4 Å². The highest BCUT2D eigenvalue weighted by Gasteiger charge is 2.45. The Morgan fingerprint density at radius 3 is 2.06 bits per heavy atom. The molecule has 0 aromatic heterocycles. The maximum absolute atomic E-state index is 4.12.